The van der Waals surface area contributed by atoms with Crippen molar-refractivity contribution < 1.29 is 9.13 Å². The van der Waals surface area contributed by atoms with Crippen molar-refractivity contribution in [2.75, 3.05) is 5.73 Å². The van der Waals surface area contributed by atoms with Crippen molar-refractivity contribution in [1.29, 1.82) is 0 Å². The Labute approximate surface area is 104 Å². The molecule has 0 fully saturated rings. The maximum atomic E-state index is 12.8. The Morgan fingerprint density at radius 1 is 1.11 bits per heavy atom. The fourth-order valence-electron chi connectivity index (χ4n) is 1.36. The van der Waals surface area contributed by atoms with E-state index in [1.807, 2.05) is 13.8 Å². The zero-order valence-corrected chi connectivity index (χ0v) is 10.1. The second-order valence-corrected chi connectivity index (χ2v) is 3.97. The van der Waals surface area contributed by atoms with Crippen molar-refractivity contribution in [2.24, 2.45) is 0 Å². The van der Waals surface area contributed by atoms with E-state index in [9.17, 15) is 4.39 Å². The van der Waals surface area contributed by atoms with Crippen molar-refractivity contribution in [3.8, 4) is 17.4 Å². The highest BCUT2D eigenvalue weighted by molar-refractivity contribution is 5.55. The predicted octanol–water partition coefficient (Wildman–Crippen LogP) is 2.05. The number of anilines is 1. The second kappa shape index (κ2) is 4.95. The lowest BCUT2D eigenvalue weighted by Gasteiger charge is -2.09. The number of benzene rings is 1. The third-order valence-electron chi connectivity index (χ3n) is 2.08. The minimum absolute atomic E-state index is 0.0622. The average Bonchev–Trinajstić information content (AvgIpc) is 2.28. The number of nitrogens with two attached hydrogens (primary N) is 1. The average molecular weight is 248 g/mol. The Hall–Kier alpha value is -2.24. The van der Waals surface area contributed by atoms with Crippen LogP contribution >= 0.6 is 0 Å². The fourth-order valence-corrected chi connectivity index (χ4v) is 1.36. The van der Waals surface area contributed by atoms with Gasteiger partial charge in [0.05, 0.1) is 6.10 Å². The van der Waals surface area contributed by atoms with Crippen LogP contribution in [0.1, 0.15) is 13.8 Å². The lowest BCUT2D eigenvalue weighted by atomic mass is 10.2. The maximum absolute atomic E-state index is 12.8. The molecule has 0 aliphatic rings. The van der Waals surface area contributed by atoms with E-state index in [4.69, 9.17) is 10.5 Å². The smallest absolute Gasteiger partial charge is 0.322 e. The Morgan fingerprint density at radius 3 is 2.39 bits per heavy atom. The van der Waals surface area contributed by atoms with Gasteiger partial charge in [-0.05, 0) is 38.1 Å². The SMILES string of the molecule is CC(C)Oc1nc(N)nc(-c2ccc(F)cc2)n1. The topological polar surface area (TPSA) is 73.9 Å². The normalized spacial score (nSPS) is 10.7. The molecule has 0 bridgehead atoms. The summed E-state index contributed by atoms with van der Waals surface area (Å²) < 4.78 is 18.2. The summed E-state index contributed by atoms with van der Waals surface area (Å²) >= 11 is 0. The van der Waals surface area contributed by atoms with Crippen LogP contribution in [0.15, 0.2) is 24.3 Å². The molecular formula is C12H13FN4O. The first-order valence-electron chi connectivity index (χ1n) is 5.49. The van der Waals surface area contributed by atoms with Crippen molar-refractivity contribution in [1.82, 2.24) is 15.0 Å². The van der Waals surface area contributed by atoms with Crippen LogP contribution in [0.4, 0.5) is 10.3 Å². The third kappa shape index (κ3) is 2.91. The van der Waals surface area contributed by atoms with E-state index < -0.39 is 0 Å². The van der Waals surface area contributed by atoms with Gasteiger partial charge in [-0.2, -0.15) is 15.0 Å². The van der Waals surface area contributed by atoms with Crippen LogP contribution in [0.2, 0.25) is 0 Å². The molecule has 5 nitrogen and oxygen atoms in total. The Balaban J connectivity index is 2.38. The number of nitrogen functional groups attached to an aromatic ring is 1. The van der Waals surface area contributed by atoms with E-state index in [0.717, 1.165) is 0 Å². The summed E-state index contributed by atoms with van der Waals surface area (Å²) in [6, 6.07) is 5.97. The zero-order valence-electron chi connectivity index (χ0n) is 10.1. The molecule has 0 spiro atoms. The number of aromatic nitrogens is 3. The van der Waals surface area contributed by atoms with Gasteiger partial charge in [-0.1, -0.05) is 0 Å². The van der Waals surface area contributed by atoms with Gasteiger partial charge in [0.2, 0.25) is 5.95 Å². The third-order valence-corrected chi connectivity index (χ3v) is 2.08. The molecule has 0 aliphatic carbocycles. The highest BCUT2D eigenvalue weighted by Gasteiger charge is 2.09. The molecule has 1 heterocycles. The van der Waals surface area contributed by atoms with E-state index in [1.54, 1.807) is 12.1 Å². The van der Waals surface area contributed by atoms with Gasteiger partial charge >= 0.3 is 6.01 Å². The summed E-state index contributed by atoms with van der Waals surface area (Å²) in [6.07, 6.45) is -0.0622. The monoisotopic (exact) mass is 248 g/mol. The molecule has 0 radical (unpaired) electrons. The summed E-state index contributed by atoms with van der Waals surface area (Å²) in [5.41, 5.74) is 6.24. The van der Waals surface area contributed by atoms with Gasteiger partial charge in [0.15, 0.2) is 5.82 Å². The van der Waals surface area contributed by atoms with Crippen molar-refractivity contribution in [3.63, 3.8) is 0 Å². The van der Waals surface area contributed by atoms with Gasteiger partial charge in [0.25, 0.3) is 0 Å². The Bertz CT molecular complexity index is 542. The van der Waals surface area contributed by atoms with Crippen LogP contribution in [0, 0.1) is 5.82 Å². The first kappa shape index (κ1) is 12.2. The van der Waals surface area contributed by atoms with Crippen molar-refractivity contribution >= 4 is 5.95 Å². The van der Waals surface area contributed by atoms with E-state index in [2.05, 4.69) is 15.0 Å². The van der Waals surface area contributed by atoms with Gasteiger partial charge in [-0.15, -0.1) is 0 Å². The van der Waals surface area contributed by atoms with Gasteiger partial charge in [-0.3, -0.25) is 0 Å². The summed E-state index contributed by atoms with van der Waals surface area (Å²) in [7, 11) is 0. The molecule has 2 rings (SSSR count). The number of nitrogens with zero attached hydrogens (tertiary/aromatic N) is 3. The molecule has 0 aliphatic heterocycles. The summed E-state index contributed by atoms with van der Waals surface area (Å²) in [6.45, 7) is 3.72. The summed E-state index contributed by atoms with van der Waals surface area (Å²) in [4.78, 5) is 12.0. The summed E-state index contributed by atoms with van der Waals surface area (Å²) in [5.74, 6) is 0.109. The quantitative estimate of drug-likeness (QED) is 0.899. The molecule has 0 saturated heterocycles. The number of hydrogen-bond acceptors (Lipinski definition) is 5. The van der Waals surface area contributed by atoms with Gasteiger partial charge in [-0.25, -0.2) is 4.39 Å². The zero-order chi connectivity index (χ0) is 13.1. The molecule has 1 aromatic heterocycles. The van der Waals surface area contributed by atoms with E-state index >= 15 is 0 Å². The molecule has 6 heteroatoms. The second-order valence-electron chi connectivity index (χ2n) is 3.97. The van der Waals surface area contributed by atoms with Crippen LogP contribution < -0.4 is 10.5 Å². The van der Waals surface area contributed by atoms with E-state index in [0.29, 0.717) is 11.4 Å². The largest absolute Gasteiger partial charge is 0.461 e. The van der Waals surface area contributed by atoms with Crippen LogP contribution in [0.5, 0.6) is 6.01 Å². The number of ether oxygens (including phenoxy) is 1. The van der Waals surface area contributed by atoms with Crippen LogP contribution in [0.3, 0.4) is 0 Å². The molecule has 18 heavy (non-hydrogen) atoms. The molecular weight excluding hydrogens is 235 g/mol. The lowest BCUT2D eigenvalue weighted by Crippen LogP contribution is -2.11. The minimum atomic E-state index is -0.320. The van der Waals surface area contributed by atoms with Crippen LogP contribution in [-0.2, 0) is 0 Å². The molecule has 1 aromatic carbocycles. The highest BCUT2D eigenvalue weighted by Crippen LogP contribution is 2.18. The molecule has 2 aromatic rings. The first-order valence-corrected chi connectivity index (χ1v) is 5.49. The molecule has 0 unspecified atom stereocenters. The fraction of sp³-hybridized carbons (Fsp3) is 0.250. The van der Waals surface area contributed by atoms with Gasteiger partial charge < -0.3 is 10.5 Å². The number of rotatable bonds is 3. The van der Waals surface area contributed by atoms with Crippen LogP contribution in [0.25, 0.3) is 11.4 Å². The van der Waals surface area contributed by atoms with Crippen molar-refractivity contribution in [2.45, 2.75) is 20.0 Å². The minimum Gasteiger partial charge on any atom is -0.461 e. The maximum Gasteiger partial charge on any atom is 0.322 e. The number of hydrogen-bond donors (Lipinski definition) is 1. The Morgan fingerprint density at radius 2 is 1.78 bits per heavy atom. The van der Waals surface area contributed by atoms with Crippen molar-refractivity contribution in [3.05, 3.63) is 30.1 Å². The summed E-state index contributed by atoms with van der Waals surface area (Å²) in [5, 5.41) is 0. The van der Waals surface area contributed by atoms with E-state index in [-0.39, 0.29) is 23.9 Å². The van der Waals surface area contributed by atoms with Crippen LogP contribution in [-0.4, -0.2) is 21.1 Å². The predicted molar refractivity (Wildman–Crippen MR) is 65.4 cm³/mol. The number of halogens is 1. The Kier molecular flexibility index (Phi) is 3.36. The van der Waals surface area contributed by atoms with E-state index in [1.165, 1.54) is 12.1 Å². The molecule has 2 N–H and O–H groups in total. The lowest BCUT2D eigenvalue weighted by molar-refractivity contribution is 0.222. The molecule has 0 amide bonds. The van der Waals surface area contributed by atoms with Gasteiger partial charge in [0.1, 0.15) is 5.82 Å². The molecule has 0 atom stereocenters. The standard InChI is InChI=1S/C12H13FN4O/c1-7(2)18-12-16-10(15-11(14)17-12)8-3-5-9(13)6-4-8/h3-7H,1-2H3,(H2,14,15,16,17). The highest BCUT2D eigenvalue weighted by atomic mass is 19.1. The molecule has 0 saturated carbocycles. The molecule has 94 valence electrons. The van der Waals surface area contributed by atoms with Gasteiger partial charge in [0, 0.05) is 5.56 Å². The first-order chi connectivity index (χ1) is 8.54.